The van der Waals surface area contributed by atoms with E-state index in [1.165, 1.54) is 44.1 Å². The molecule has 1 aromatic rings. The van der Waals surface area contributed by atoms with Crippen LogP contribution in [-0.4, -0.2) is 43.4 Å². The first-order valence-electron chi connectivity index (χ1n) is 9.58. The van der Waals surface area contributed by atoms with E-state index in [4.69, 9.17) is 4.74 Å². The Morgan fingerprint density at radius 1 is 1.04 bits per heavy atom. The number of nitrogens with zero attached hydrogens (tertiary/aromatic N) is 1. The van der Waals surface area contributed by atoms with Crippen LogP contribution in [0.1, 0.15) is 44.1 Å². The first-order valence-corrected chi connectivity index (χ1v) is 9.58. The Morgan fingerprint density at radius 2 is 1.58 bits per heavy atom. The fourth-order valence-corrected chi connectivity index (χ4v) is 6.04. The van der Waals surface area contributed by atoms with E-state index in [2.05, 4.69) is 24.3 Å². The molecule has 3 heteroatoms. The number of ether oxygens (including phenoxy) is 1. The van der Waals surface area contributed by atoms with E-state index < -0.39 is 6.10 Å². The molecule has 5 rings (SSSR count). The van der Waals surface area contributed by atoms with E-state index in [0.29, 0.717) is 18.6 Å². The highest BCUT2D eigenvalue weighted by atomic mass is 16.5. The molecule has 0 aliphatic heterocycles. The van der Waals surface area contributed by atoms with E-state index in [9.17, 15) is 5.11 Å². The third kappa shape index (κ3) is 3.21. The molecular weight excluding hydrogens is 298 g/mol. The summed E-state index contributed by atoms with van der Waals surface area (Å²) in [6.45, 7) is 0.986. The molecule has 1 N–H and O–H groups in total. The topological polar surface area (TPSA) is 32.7 Å². The van der Waals surface area contributed by atoms with Crippen molar-refractivity contribution in [1.29, 1.82) is 0 Å². The molecule has 1 atom stereocenters. The van der Waals surface area contributed by atoms with Crippen LogP contribution in [-0.2, 0) is 5.41 Å². The molecule has 0 heterocycles. The highest BCUT2D eigenvalue weighted by molar-refractivity contribution is 5.34. The average Bonchev–Trinajstić information content (AvgIpc) is 2.51. The van der Waals surface area contributed by atoms with Gasteiger partial charge in [0.15, 0.2) is 0 Å². The van der Waals surface area contributed by atoms with Crippen LogP contribution in [0.25, 0.3) is 0 Å². The summed E-state index contributed by atoms with van der Waals surface area (Å²) in [6.07, 6.45) is 8.24. The van der Waals surface area contributed by atoms with Crippen LogP contribution in [0, 0.1) is 17.8 Å². The SMILES string of the molecule is CN(C)C[C@H](O)COc1ccc(C23CC4CC(CC(C4)C2)C3)cc1. The molecule has 0 amide bonds. The van der Waals surface area contributed by atoms with Gasteiger partial charge in [-0.25, -0.2) is 0 Å². The number of hydrogen-bond acceptors (Lipinski definition) is 3. The predicted octanol–water partition coefficient (Wildman–Crippen LogP) is 3.46. The van der Waals surface area contributed by atoms with E-state index >= 15 is 0 Å². The number of hydrogen-bond donors (Lipinski definition) is 1. The zero-order valence-electron chi connectivity index (χ0n) is 15.1. The molecule has 0 aromatic heterocycles. The second-order valence-corrected chi connectivity index (χ2v) is 8.95. The van der Waals surface area contributed by atoms with Crippen molar-refractivity contribution < 1.29 is 9.84 Å². The number of likely N-dealkylation sites (N-methyl/N-ethyl adjacent to an activating group) is 1. The van der Waals surface area contributed by atoms with Crippen LogP contribution in [0.5, 0.6) is 5.75 Å². The van der Waals surface area contributed by atoms with Crippen LogP contribution in [0.4, 0.5) is 0 Å². The summed E-state index contributed by atoms with van der Waals surface area (Å²) >= 11 is 0. The molecule has 0 saturated heterocycles. The Balaban J connectivity index is 1.41. The maximum Gasteiger partial charge on any atom is 0.119 e. The molecule has 4 aliphatic carbocycles. The van der Waals surface area contributed by atoms with Crippen LogP contribution in [0.15, 0.2) is 24.3 Å². The maximum absolute atomic E-state index is 9.92. The first-order chi connectivity index (χ1) is 11.5. The van der Waals surface area contributed by atoms with Crippen LogP contribution < -0.4 is 4.74 Å². The van der Waals surface area contributed by atoms with Crippen LogP contribution in [0.3, 0.4) is 0 Å². The fraction of sp³-hybridized carbons (Fsp3) is 0.714. The van der Waals surface area contributed by atoms with Crippen LogP contribution in [0.2, 0.25) is 0 Å². The van der Waals surface area contributed by atoms with Crippen molar-refractivity contribution in [2.24, 2.45) is 17.8 Å². The molecule has 0 unspecified atom stereocenters. The maximum atomic E-state index is 9.92. The van der Waals surface area contributed by atoms with Gasteiger partial charge in [0.25, 0.3) is 0 Å². The van der Waals surface area contributed by atoms with Gasteiger partial charge in [0.2, 0.25) is 0 Å². The van der Waals surface area contributed by atoms with Gasteiger partial charge in [-0.15, -0.1) is 0 Å². The van der Waals surface area contributed by atoms with Crippen LogP contribution >= 0.6 is 0 Å². The highest BCUT2D eigenvalue weighted by Crippen LogP contribution is 2.60. The molecule has 3 nitrogen and oxygen atoms in total. The molecule has 1 aromatic carbocycles. The summed E-state index contributed by atoms with van der Waals surface area (Å²) in [7, 11) is 3.92. The lowest BCUT2D eigenvalue weighted by Crippen LogP contribution is -2.48. The Kier molecular flexibility index (Phi) is 4.34. The van der Waals surface area contributed by atoms with Crippen molar-refractivity contribution in [2.75, 3.05) is 27.2 Å². The fourth-order valence-electron chi connectivity index (χ4n) is 6.04. The number of rotatable bonds is 6. The molecular formula is C21H31NO2. The van der Waals surface area contributed by atoms with Gasteiger partial charge >= 0.3 is 0 Å². The van der Waals surface area contributed by atoms with Gasteiger partial charge in [-0.3, -0.25) is 0 Å². The van der Waals surface area contributed by atoms with Gasteiger partial charge in [0, 0.05) is 6.54 Å². The van der Waals surface area contributed by atoms with E-state index in [1.807, 2.05) is 19.0 Å². The van der Waals surface area contributed by atoms with Crippen molar-refractivity contribution >= 4 is 0 Å². The zero-order valence-corrected chi connectivity index (χ0v) is 15.1. The minimum Gasteiger partial charge on any atom is -0.491 e. The molecule has 132 valence electrons. The minimum atomic E-state index is -0.442. The van der Waals surface area contributed by atoms with Crippen molar-refractivity contribution in [3.8, 4) is 5.75 Å². The molecule has 4 saturated carbocycles. The van der Waals surface area contributed by atoms with Crippen molar-refractivity contribution in [1.82, 2.24) is 4.90 Å². The Labute approximate surface area is 146 Å². The van der Waals surface area contributed by atoms with Crippen molar-refractivity contribution in [3.05, 3.63) is 29.8 Å². The van der Waals surface area contributed by atoms with Gasteiger partial charge in [-0.1, -0.05) is 12.1 Å². The van der Waals surface area contributed by atoms with Gasteiger partial charge < -0.3 is 14.7 Å². The summed E-state index contributed by atoms with van der Waals surface area (Å²) in [6, 6.07) is 8.80. The quantitative estimate of drug-likeness (QED) is 0.867. The Morgan fingerprint density at radius 3 is 2.08 bits per heavy atom. The lowest BCUT2D eigenvalue weighted by molar-refractivity contribution is -0.00522. The van der Waals surface area contributed by atoms with E-state index in [0.717, 1.165) is 23.5 Å². The second-order valence-electron chi connectivity index (χ2n) is 8.95. The van der Waals surface area contributed by atoms with Crippen molar-refractivity contribution in [2.45, 2.75) is 50.0 Å². The smallest absolute Gasteiger partial charge is 0.119 e. The third-order valence-electron chi connectivity index (χ3n) is 6.52. The standard InChI is InChI=1S/C21H31NO2/c1-22(2)13-19(23)14-24-20-5-3-18(4-6-20)21-10-15-7-16(11-21)9-17(8-15)12-21/h3-6,15-17,19,23H,7-14H2,1-2H3/t15?,16?,17?,19-,21?/m0/s1. The lowest BCUT2D eigenvalue weighted by atomic mass is 9.48. The third-order valence-corrected chi connectivity index (χ3v) is 6.52. The molecule has 4 bridgehead atoms. The normalized spacial score (nSPS) is 35.4. The highest BCUT2D eigenvalue weighted by Gasteiger charge is 2.51. The number of benzene rings is 1. The van der Waals surface area contributed by atoms with Crippen molar-refractivity contribution in [3.63, 3.8) is 0 Å². The monoisotopic (exact) mass is 329 g/mol. The van der Waals surface area contributed by atoms with E-state index in [1.54, 1.807) is 0 Å². The largest absolute Gasteiger partial charge is 0.491 e. The number of aliphatic hydroxyl groups is 1. The van der Waals surface area contributed by atoms with Gasteiger partial charge in [-0.2, -0.15) is 0 Å². The predicted molar refractivity (Wildman–Crippen MR) is 96.3 cm³/mol. The zero-order chi connectivity index (χ0) is 16.7. The summed E-state index contributed by atoms with van der Waals surface area (Å²) in [4.78, 5) is 1.98. The first kappa shape index (κ1) is 16.4. The second kappa shape index (κ2) is 6.34. The molecule has 0 spiro atoms. The summed E-state index contributed by atoms with van der Waals surface area (Å²) in [5, 5.41) is 9.92. The molecule has 24 heavy (non-hydrogen) atoms. The minimum absolute atomic E-state index is 0.356. The van der Waals surface area contributed by atoms with Gasteiger partial charge in [-0.05, 0) is 93.5 Å². The molecule has 0 radical (unpaired) electrons. The Hall–Kier alpha value is -1.06. The Bertz CT molecular complexity index is 530. The van der Waals surface area contributed by atoms with Gasteiger partial charge in [0.05, 0.1) is 0 Å². The molecule has 4 fully saturated rings. The summed E-state index contributed by atoms with van der Waals surface area (Å²) in [5.74, 6) is 3.82. The van der Waals surface area contributed by atoms with E-state index in [-0.39, 0.29) is 0 Å². The summed E-state index contributed by atoms with van der Waals surface area (Å²) < 4.78 is 5.77. The molecule has 4 aliphatic rings. The average molecular weight is 329 g/mol. The number of aliphatic hydroxyl groups excluding tert-OH is 1. The van der Waals surface area contributed by atoms with Gasteiger partial charge in [0.1, 0.15) is 18.5 Å². The summed E-state index contributed by atoms with van der Waals surface area (Å²) in [5.41, 5.74) is 1.99. The lowest BCUT2D eigenvalue weighted by Gasteiger charge is -2.57.